The second-order valence-electron chi connectivity index (χ2n) is 11.4. The summed E-state index contributed by atoms with van der Waals surface area (Å²) in [4.78, 5) is 57.2. The number of amidine groups is 1. The molecule has 0 aliphatic carbocycles. The average molecular weight is 726 g/mol. The molecule has 252 valence electrons. The van der Waals surface area contributed by atoms with Crippen molar-refractivity contribution < 1.29 is 33.0 Å². The summed E-state index contributed by atoms with van der Waals surface area (Å²) < 4.78 is 33.5. The van der Waals surface area contributed by atoms with E-state index in [4.69, 9.17) is 26.4 Å². The molecule has 4 aromatic rings. The first-order valence-electron chi connectivity index (χ1n) is 14.9. The summed E-state index contributed by atoms with van der Waals surface area (Å²) in [6.45, 7) is 2.03. The first-order chi connectivity index (χ1) is 23.6. The van der Waals surface area contributed by atoms with Crippen LogP contribution in [0.5, 0.6) is 0 Å². The molecule has 17 heteroatoms. The number of hydrogen-bond acceptors (Lipinski definition) is 11. The number of methoxy groups -OCH3 is 1. The fourth-order valence-electron chi connectivity index (χ4n) is 6.14. The molecule has 12 nitrogen and oxygen atoms in total. The minimum atomic E-state index is -1.36. The maximum atomic E-state index is 14.3. The van der Waals surface area contributed by atoms with E-state index in [0.29, 0.717) is 64.7 Å². The monoisotopic (exact) mass is 725 g/mol. The van der Waals surface area contributed by atoms with Crippen LogP contribution in [0.3, 0.4) is 0 Å². The number of benzene rings is 2. The Bertz CT molecular complexity index is 2040. The van der Waals surface area contributed by atoms with Crippen molar-refractivity contribution in [2.75, 3.05) is 44.7 Å². The zero-order valence-electron chi connectivity index (χ0n) is 25.6. The van der Waals surface area contributed by atoms with Gasteiger partial charge >= 0.3 is 18.0 Å². The summed E-state index contributed by atoms with van der Waals surface area (Å²) in [7, 11) is 1.28. The van der Waals surface area contributed by atoms with Gasteiger partial charge in [0.2, 0.25) is 0 Å². The van der Waals surface area contributed by atoms with Crippen LogP contribution >= 0.6 is 34.3 Å². The fourth-order valence-corrected chi connectivity index (χ4v) is 7.83. The van der Waals surface area contributed by atoms with Gasteiger partial charge in [-0.15, -0.1) is 22.7 Å². The molecule has 5 heterocycles. The summed E-state index contributed by atoms with van der Waals surface area (Å²) in [5.41, 5.74) is 1.57. The fraction of sp³-hybridized carbons (Fsp3) is 0.250. The quantitative estimate of drug-likeness (QED) is 0.239. The van der Waals surface area contributed by atoms with Crippen LogP contribution in [-0.2, 0) is 9.53 Å². The van der Waals surface area contributed by atoms with Gasteiger partial charge in [-0.05, 0) is 24.3 Å². The number of carboxylic acid groups (broad SMARTS) is 1. The van der Waals surface area contributed by atoms with E-state index in [1.165, 1.54) is 60.1 Å². The van der Waals surface area contributed by atoms with Gasteiger partial charge in [-0.25, -0.2) is 33.1 Å². The number of aliphatic imine (C=N–C) groups is 1. The number of urea groups is 1. The molecule has 2 amide bonds. The van der Waals surface area contributed by atoms with Gasteiger partial charge in [0.25, 0.3) is 0 Å². The number of anilines is 1. The molecule has 7 rings (SSSR count). The SMILES string of the molecule is COC(=O)C1=C(CN2CCN3C(=O)N(c4nc(-c5ccc(C(=O)O)c(F)c5)cs4)C[C@@H]3C2)NC(c2nccs2)=N[C@H]1c1ccc(F)cc1Cl. The maximum Gasteiger partial charge on any atom is 0.338 e. The van der Waals surface area contributed by atoms with E-state index in [1.54, 1.807) is 26.8 Å². The maximum absolute atomic E-state index is 14.3. The molecule has 0 saturated carbocycles. The highest BCUT2D eigenvalue weighted by Gasteiger charge is 2.43. The molecule has 49 heavy (non-hydrogen) atoms. The number of ether oxygens (including phenoxy) is 1. The number of aromatic carboxylic acids is 1. The third kappa shape index (κ3) is 6.27. The summed E-state index contributed by atoms with van der Waals surface area (Å²) in [5, 5.41) is 17.1. The molecule has 2 fully saturated rings. The van der Waals surface area contributed by atoms with Crippen LogP contribution in [0.4, 0.5) is 18.7 Å². The molecule has 3 aliphatic heterocycles. The van der Waals surface area contributed by atoms with Crippen LogP contribution in [0.2, 0.25) is 5.02 Å². The van der Waals surface area contributed by atoms with E-state index in [-0.39, 0.29) is 29.2 Å². The number of amides is 2. The number of aromatic nitrogens is 2. The molecule has 0 radical (unpaired) electrons. The first kappa shape index (κ1) is 32.8. The molecule has 2 saturated heterocycles. The Morgan fingerprint density at radius 3 is 2.69 bits per heavy atom. The molecule has 3 aliphatic rings. The summed E-state index contributed by atoms with van der Waals surface area (Å²) in [5.74, 6) is -2.94. The number of fused-ring (bicyclic) bond motifs is 1. The van der Waals surface area contributed by atoms with Crippen LogP contribution in [0, 0.1) is 11.6 Å². The van der Waals surface area contributed by atoms with Gasteiger partial charge in [0.15, 0.2) is 16.0 Å². The standard InChI is InChI=1S/C32H26ClF2N7O5S2/c1-47-30(45)25-23(37-27(28-36-6-9-48-28)39-26(25)19-5-3-17(34)11-21(19)33)14-40-7-8-41-18(12-40)13-42(32(41)46)31-38-24(15-49-31)16-2-4-20(29(43)44)22(35)10-16/h2-6,9-11,15,18,26H,7-8,12-14H2,1H3,(H,37,39)(H,43,44)/t18-,26-/m0/s1. The second-order valence-corrected chi connectivity index (χ2v) is 13.5. The van der Waals surface area contributed by atoms with Crippen molar-refractivity contribution in [1.29, 1.82) is 0 Å². The Balaban J connectivity index is 1.13. The summed E-state index contributed by atoms with van der Waals surface area (Å²) >= 11 is 9.07. The number of carbonyl (C=O) groups excluding carboxylic acids is 2. The van der Waals surface area contributed by atoms with Gasteiger partial charge in [-0.1, -0.05) is 23.7 Å². The van der Waals surface area contributed by atoms with E-state index >= 15 is 0 Å². The van der Waals surface area contributed by atoms with Crippen LogP contribution in [0.15, 0.2) is 69.6 Å². The van der Waals surface area contributed by atoms with E-state index in [0.717, 1.165) is 6.07 Å². The Morgan fingerprint density at radius 1 is 1.14 bits per heavy atom. The molecular formula is C32H26ClF2N7O5S2. The highest BCUT2D eigenvalue weighted by atomic mass is 35.5. The normalized spacial score (nSPS) is 19.5. The number of hydrogen-bond donors (Lipinski definition) is 2. The zero-order valence-corrected chi connectivity index (χ0v) is 28.0. The lowest BCUT2D eigenvalue weighted by atomic mass is 9.95. The number of nitrogens with one attached hydrogen (secondary N) is 1. The molecule has 2 N–H and O–H groups in total. The van der Waals surface area contributed by atoms with Crippen molar-refractivity contribution in [3.8, 4) is 11.3 Å². The van der Waals surface area contributed by atoms with E-state index in [9.17, 15) is 23.2 Å². The molecule has 0 unspecified atom stereocenters. The topological polar surface area (TPSA) is 141 Å². The molecular weight excluding hydrogens is 700 g/mol. The number of carbonyl (C=O) groups is 3. The predicted molar refractivity (Wildman–Crippen MR) is 179 cm³/mol. The lowest BCUT2D eigenvalue weighted by Crippen LogP contribution is -2.53. The van der Waals surface area contributed by atoms with Crippen molar-refractivity contribution in [1.82, 2.24) is 25.1 Å². The Hall–Kier alpha value is -4.77. The number of esters is 1. The number of carboxylic acids is 1. The largest absolute Gasteiger partial charge is 0.478 e. The average Bonchev–Trinajstić information content (AvgIpc) is 3.85. The number of piperazine rings is 1. The number of halogens is 3. The van der Waals surface area contributed by atoms with Crippen LogP contribution in [-0.4, -0.2) is 94.6 Å². The van der Waals surface area contributed by atoms with Gasteiger partial charge in [-0.2, -0.15) is 0 Å². The lowest BCUT2D eigenvalue weighted by Gasteiger charge is -2.38. The van der Waals surface area contributed by atoms with Crippen molar-refractivity contribution in [3.63, 3.8) is 0 Å². The van der Waals surface area contributed by atoms with Gasteiger partial charge < -0.3 is 20.1 Å². The Labute approximate surface area is 290 Å². The lowest BCUT2D eigenvalue weighted by molar-refractivity contribution is -0.136. The highest BCUT2D eigenvalue weighted by molar-refractivity contribution is 7.14. The zero-order chi connectivity index (χ0) is 34.4. The van der Waals surface area contributed by atoms with E-state index in [2.05, 4.69) is 20.2 Å². The molecule has 2 atom stereocenters. The Morgan fingerprint density at radius 2 is 1.98 bits per heavy atom. The van der Waals surface area contributed by atoms with Gasteiger partial charge in [0.1, 0.15) is 17.7 Å². The molecule has 2 aromatic heterocycles. The molecule has 2 aromatic carbocycles. The van der Waals surface area contributed by atoms with E-state index in [1.807, 2.05) is 0 Å². The Kier molecular flexibility index (Phi) is 8.87. The first-order valence-corrected chi connectivity index (χ1v) is 17.0. The van der Waals surface area contributed by atoms with Crippen LogP contribution < -0.4 is 10.2 Å². The minimum absolute atomic E-state index is 0.112. The van der Waals surface area contributed by atoms with Gasteiger partial charge in [-0.3, -0.25) is 14.8 Å². The minimum Gasteiger partial charge on any atom is -0.478 e. The van der Waals surface area contributed by atoms with E-state index < -0.39 is 35.2 Å². The highest BCUT2D eigenvalue weighted by Crippen LogP contribution is 2.38. The third-order valence-electron chi connectivity index (χ3n) is 8.46. The number of nitrogens with zero attached hydrogens (tertiary/aromatic N) is 6. The van der Waals surface area contributed by atoms with Gasteiger partial charge in [0.05, 0.1) is 36.5 Å². The molecule has 0 bridgehead atoms. The van der Waals surface area contributed by atoms with Crippen molar-refractivity contribution in [2.45, 2.75) is 12.1 Å². The predicted octanol–water partition coefficient (Wildman–Crippen LogP) is 5.04. The second kappa shape index (κ2) is 13.3. The summed E-state index contributed by atoms with van der Waals surface area (Å²) in [6, 6.07) is 6.43. The smallest absolute Gasteiger partial charge is 0.338 e. The van der Waals surface area contributed by atoms with Crippen LogP contribution in [0.1, 0.15) is 27.0 Å². The van der Waals surface area contributed by atoms with Crippen molar-refractivity contribution in [2.24, 2.45) is 4.99 Å². The third-order valence-corrected chi connectivity index (χ3v) is 10.4. The summed E-state index contributed by atoms with van der Waals surface area (Å²) in [6.07, 6.45) is 1.64. The van der Waals surface area contributed by atoms with Crippen LogP contribution in [0.25, 0.3) is 11.3 Å². The number of thiazole rings is 2. The van der Waals surface area contributed by atoms with Crippen molar-refractivity contribution in [3.05, 3.63) is 97.4 Å². The van der Waals surface area contributed by atoms with Gasteiger partial charge in [0, 0.05) is 65.0 Å². The molecule has 0 spiro atoms. The number of rotatable bonds is 8. The van der Waals surface area contributed by atoms with Crippen molar-refractivity contribution >= 4 is 63.2 Å².